The van der Waals surface area contributed by atoms with Gasteiger partial charge in [0, 0.05) is 18.0 Å². The molecule has 0 bridgehead atoms. The van der Waals surface area contributed by atoms with Crippen LogP contribution >= 0.6 is 0 Å². The van der Waals surface area contributed by atoms with E-state index in [2.05, 4.69) is 34.9 Å². The molecule has 0 radical (unpaired) electrons. The van der Waals surface area contributed by atoms with Crippen molar-refractivity contribution < 1.29 is 24.2 Å². The zero-order chi connectivity index (χ0) is 24.4. The molecule has 5 rings (SSSR count). The highest BCUT2D eigenvalue weighted by Gasteiger charge is 2.38. The number of nitrogens with one attached hydrogen (secondary N) is 2. The molecule has 2 amide bonds. The van der Waals surface area contributed by atoms with Gasteiger partial charge >= 0.3 is 12.1 Å². The molecule has 3 aliphatic rings. The summed E-state index contributed by atoms with van der Waals surface area (Å²) in [5.41, 5.74) is 4.68. The summed E-state index contributed by atoms with van der Waals surface area (Å²) in [6.45, 7) is 0.238. The molecule has 2 saturated carbocycles. The lowest BCUT2D eigenvalue weighted by Gasteiger charge is -2.35. The lowest BCUT2D eigenvalue weighted by molar-refractivity contribution is -0.146. The van der Waals surface area contributed by atoms with Crippen LogP contribution in [0.2, 0.25) is 0 Å². The molecule has 3 aliphatic carbocycles. The Balaban J connectivity index is 1.20. The van der Waals surface area contributed by atoms with E-state index in [0.717, 1.165) is 36.8 Å². The molecule has 0 aromatic heterocycles. The molecular formula is C28H32N2O5. The second kappa shape index (κ2) is 10.1. The van der Waals surface area contributed by atoms with E-state index in [4.69, 9.17) is 9.84 Å². The lowest BCUT2D eigenvalue weighted by atomic mass is 9.80. The Kier molecular flexibility index (Phi) is 6.75. The van der Waals surface area contributed by atoms with E-state index in [-0.39, 0.29) is 42.4 Å². The maximum absolute atomic E-state index is 13.0. The number of carboxylic acids is 1. The van der Waals surface area contributed by atoms with E-state index >= 15 is 0 Å². The number of carboxylic acid groups (broad SMARTS) is 1. The summed E-state index contributed by atoms with van der Waals surface area (Å²) in [7, 11) is 0. The van der Waals surface area contributed by atoms with E-state index < -0.39 is 12.1 Å². The number of hydrogen-bond donors (Lipinski definition) is 3. The first-order valence-electron chi connectivity index (χ1n) is 12.7. The molecule has 0 spiro atoms. The van der Waals surface area contributed by atoms with Gasteiger partial charge in [-0.1, -0.05) is 67.8 Å². The molecule has 2 fully saturated rings. The van der Waals surface area contributed by atoms with Gasteiger partial charge in [0.05, 0.1) is 11.8 Å². The number of carbonyl (C=O) groups excluding carboxylic acids is 2. The van der Waals surface area contributed by atoms with Crippen molar-refractivity contribution in [1.29, 1.82) is 0 Å². The number of aliphatic carboxylic acids is 1. The molecule has 0 unspecified atom stereocenters. The van der Waals surface area contributed by atoms with Gasteiger partial charge in [0.25, 0.3) is 0 Å². The molecule has 0 aliphatic heterocycles. The molecule has 35 heavy (non-hydrogen) atoms. The summed E-state index contributed by atoms with van der Waals surface area (Å²) in [6.07, 6.45) is 4.78. The van der Waals surface area contributed by atoms with Gasteiger partial charge in [-0.25, -0.2) is 4.79 Å². The van der Waals surface area contributed by atoms with Crippen molar-refractivity contribution in [2.24, 2.45) is 11.8 Å². The van der Waals surface area contributed by atoms with Crippen LogP contribution in [0.25, 0.3) is 11.1 Å². The summed E-state index contributed by atoms with van der Waals surface area (Å²) in [6, 6.07) is 16.0. The van der Waals surface area contributed by atoms with Gasteiger partial charge in [-0.2, -0.15) is 0 Å². The van der Waals surface area contributed by atoms with Gasteiger partial charge < -0.3 is 20.5 Å². The highest BCUT2D eigenvalue weighted by molar-refractivity contribution is 5.82. The monoisotopic (exact) mass is 476 g/mol. The van der Waals surface area contributed by atoms with E-state index in [9.17, 15) is 14.4 Å². The number of fused-ring (bicyclic) bond motifs is 3. The largest absolute Gasteiger partial charge is 0.481 e. The normalized spacial score (nSPS) is 25.4. The minimum absolute atomic E-state index is 0.0119. The van der Waals surface area contributed by atoms with Crippen LogP contribution < -0.4 is 10.6 Å². The summed E-state index contributed by atoms with van der Waals surface area (Å²) in [4.78, 5) is 36.9. The second-order valence-electron chi connectivity index (χ2n) is 10.0. The maximum Gasteiger partial charge on any atom is 0.407 e. The van der Waals surface area contributed by atoms with Crippen LogP contribution in [-0.4, -0.2) is 41.8 Å². The van der Waals surface area contributed by atoms with Crippen LogP contribution in [0.3, 0.4) is 0 Å². The molecule has 2 aromatic rings. The highest BCUT2D eigenvalue weighted by atomic mass is 16.5. The van der Waals surface area contributed by atoms with Crippen molar-refractivity contribution in [2.75, 3.05) is 6.61 Å². The van der Waals surface area contributed by atoms with Crippen molar-refractivity contribution in [3.05, 3.63) is 59.7 Å². The van der Waals surface area contributed by atoms with E-state index in [1.165, 1.54) is 11.1 Å². The third-order valence-corrected chi connectivity index (χ3v) is 7.83. The predicted octanol–water partition coefficient (Wildman–Crippen LogP) is 4.45. The molecule has 0 heterocycles. The van der Waals surface area contributed by atoms with Crippen LogP contribution in [0.1, 0.15) is 62.0 Å². The summed E-state index contributed by atoms with van der Waals surface area (Å²) >= 11 is 0. The zero-order valence-corrected chi connectivity index (χ0v) is 19.7. The first-order chi connectivity index (χ1) is 17.0. The SMILES string of the molecule is O=C(N[C@@H]1CCCCC[C@@H]1C(=O)NC1CC(C(=O)O)C1)OCC1c2ccccc2-c2ccccc21. The Hall–Kier alpha value is -3.35. The molecule has 3 N–H and O–H groups in total. The van der Waals surface area contributed by atoms with Crippen molar-refractivity contribution in [1.82, 2.24) is 10.6 Å². The summed E-state index contributed by atoms with van der Waals surface area (Å²) in [5.74, 6) is -1.61. The quantitative estimate of drug-likeness (QED) is 0.534. The van der Waals surface area contributed by atoms with Gasteiger partial charge in [0.2, 0.25) is 5.91 Å². The number of rotatable bonds is 6. The van der Waals surface area contributed by atoms with Crippen molar-refractivity contribution in [2.45, 2.75) is 62.9 Å². The minimum Gasteiger partial charge on any atom is -0.481 e. The van der Waals surface area contributed by atoms with Crippen LogP contribution in [0, 0.1) is 11.8 Å². The van der Waals surface area contributed by atoms with E-state index in [1.807, 2.05) is 24.3 Å². The number of ether oxygens (including phenoxy) is 1. The third-order valence-electron chi connectivity index (χ3n) is 7.83. The minimum atomic E-state index is -0.806. The first kappa shape index (κ1) is 23.4. The number of carbonyl (C=O) groups is 3. The fraction of sp³-hybridized carbons (Fsp3) is 0.464. The van der Waals surface area contributed by atoms with Crippen LogP contribution in [0.4, 0.5) is 4.79 Å². The predicted molar refractivity (Wildman–Crippen MR) is 131 cm³/mol. The van der Waals surface area contributed by atoms with Crippen LogP contribution in [0.15, 0.2) is 48.5 Å². The van der Waals surface area contributed by atoms with Crippen molar-refractivity contribution in [3.8, 4) is 11.1 Å². The van der Waals surface area contributed by atoms with E-state index in [0.29, 0.717) is 19.3 Å². The standard InChI is InChI=1S/C28H32N2O5/c31-26(29-18-14-17(15-18)27(32)33)23-12-2-1-3-13-25(23)30-28(34)35-16-24-21-10-6-4-8-19(21)20-9-5-7-11-22(20)24/h4-11,17-18,23-25H,1-3,12-16H2,(H,29,31)(H,30,34)(H,32,33)/t17?,18?,23-,25+/m0/s1. The molecule has 7 nitrogen and oxygen atoms in total. The average Bonchev–Trinajstić information content (AvgIpc) is 2.95. The summed E-state index contributed by atoms with van der Waals surface area (Å²) in [5, 5.41) is 15.1. The number of benzene rings is 2. The fourth-order valence-electron chi connectivity index (χ4n) is 5.83. The smallest absolute Gasteiger partial charge is 0.407 e. The zero-order valence-electron chi connectivity index (χ0n) is 19.7. The third kappa shape index (κ3) is 4.90. The molecule has 7 heteroatoms. The topological polar surface area (TPSA) is 105 Å². The van der Waals surface area contributed by atoms with Gasteiger partial charge in [0.15, 0.2) is 0 Å². The van der Waals surface area contributed by atoms with Crippen LogP contribution in [-0.2, 0) is 14.3 Å². The second-order valence-corrected chi connectivity index (χ2v) is 10.0. The lowest BCUT2D eigenvalue weighted by Crippen LogP contribution is -2.52. The molecule has 0 saturated heterocycles. The maximum atomic E-state index is 13.0. The highest BCUT2D eigenvalue weighted by Crippen LogP contribution is 2.44. The average molecular weight is 477 g/mol. The van der Waals surface area contributed by atoms with Gasteiger partial charge in [-0.15, -0.1) is 0 Å². The first-order valence-corrected chi connectivity index (χ1v) is 12.7. The number of amides is 2. The summed E-state index contributed by atoms with van der Waals surface area (Å²) < 4.78 is 5.72. The Labute approximate surface area is 205 Å². The Morgan fingerprint density at radius 1 is 0.857 bits per heavy atom. The van der Waals surface area contributed by atoms with Gasteiger partial charge in [0.1, 0.15) is 6.61 Å². The molecule has 2 atom stereocenters. The Morgan fingerprint density at radius 3 is 2.14 bits per heavy atom. The Bertz CT molecular complexity index is 1060. The van der Waals surface area contributed by atoms with E-state index in [1.54, 1.807) is 0 Å². The number of hydrogen-bond acceptors (Lipinski definition) is 4. The van der Waals surface area contributed by atoms with Crippen LogP contribution in [0.5, 0.6) is 0 Å². The van der Waals surface area contributed by atoms with Crippen molar-refractivity contribution in [3.63, 3.8) is 0 Å². The molecule has 184 valence electrons. The Morgan fingerprint density at radius 2 is 1.49 bits per heavy atom. The van der Waals surface area contributed by atoms with Gasteiger partial charge in [-0.3, -0.25) is 9.59 Å². The van der Waals surface area contributed by atoms with Crippen molar-refractivity contribution >= 4 is 18.0 Å². The molecule has 2 aromatic carbocycles. The number of alkyl carbamates (subject to hydrolysis) is 1. The fourth-order valence-corrected chi connectivity index (χ4v) is 5.83. The van der Waals surface area contributed by atoms with Gasteiger partial charge in [-0.05, 0) is 47.9 Å². The molecular weight excluding hydrogens is 444 g/mol.